The van der Waals surface area contributed by atoms with Gasteiger partial charge in [-0.1, -0.05) is 30.6 Å². The summed E-state index contributed by atoms with van der Waals surface area (Å²) in [6, 6.07) is -0.747. The highest BCUT2D eigenvalue weighted by Gasteiger charge is 2.30. The van der Waals surface area contributed by atoms with Gasteiger partial charge in [0.05, 0.1) is 5.92 Å². The van der Waals surface area contributed by atoms with Crippen LogP contribution in [-0.4, -0.2) is 33.3 Å². The Hall–Kier alpha value is -1.70. The first-order valence-corrected chi connectivity index (χ1v) is 7.48. The van der Waals surface area contributed by atoms with Gasteiger partial charge < -0.3 is 10.4 Å². The summed E-state index contributed by atoms with van der Waals surface area (Å²) in [6.07, 6.45) is 4.15. The number of aryl methyl sites for hydroxylation is 1. The Morgan fingerprint density at radius 3 is 2.65 bits per heavy atom. The van der Waals surface area contributed by atoms with E-state index in [1.807, 2.05) is 0 Å². The maximum Gasteiger partial charge on any atom is 0.321 e. The lowest BCUT2D eigenvalue weighted by Gasteiger charge is -2.22. The van der Waals surface area contributed by atoms with Gasteiger partial charge in [0.25, 0.3) is 0 Å². The van der Waals surface area contributed by atoms with Crippen LogP contribution in [0.1, 0.15) is 37.1 Å². The molecule has 2 amide bonds. The second-order valence-electron chi connectivity index (χ2n) is 4.91. The predicted octanol–water partition coefficient (Wildman–Crippen LogP) is 2.00. The minimum Gasteiger partial charge on any atom is -0.481 e. The van der Waals surface area contributed by atoms with E-state index in [-0.39, 0.29) is 6.04 Å². The topological polar surface area (TPSA) is 104 Å². The molecule has 1 aromatic heterocycles. The van der Waals surface area contributed by atoms with Gasteiger partial charge in [0.2, 0.25) is 5.13 Å². The molecule has 110 valence electrons. The molecule has 3 N–H and O–H groups in total. The molecule has 0 saturated heterocycles. The number of aliphatic carboxylic acids is 1. The Labute approximate surface area is 120 Å². The van der Waals surface area contributed by atoms with Crippen molar-refractivity contribution in [2.75, 3.05) is 5.32 Å². The third-order valence-corrected chi connectivity index (χ3v) is 4.15. The summed E-state index contributed by atoms with van der Waals surface area (Å²) in [5, 5.41) is 23.4. The van der Waals surface area contributed by atoms with E-state index < -0.39 is 17.9 Å². The van der Waals surface area contributed by atoms with Crippen LogP contribution in [0.2, 0.25) is 0 Å². The van der Waals surface area contributed by atoms with Gasteiger partial charge in [0, 0.05) is 6.04 Å². The third-order valence-electron chi connectivity index (χ3n) is 3.40. The van der Waals surface area contributed by atoms with E-state index in [4.69, 9.17) is 0 Å². The number of anilines is 1. The fourth-order valence-corrected chi connectivity index (χ4v) is 3.01. The normalized spacial score (nSPS) is 22.9. The minimum absolute atomic E-state index is 0.330. The number of urea groups is 1. The first-order valence-electron chi connectivity index (χ1n) is 6.66. The van der Waals surface area contributed by atoms with Crippen molar-refractivity contribution in [3.05, 3.63) is 5.01 Å². The van der Waals surface area contributed by atoms with Gasteiger partial charge in [0.15, 0.2) is 0 Å². The lowest BCUT2D eigenvalue weighted by Crippen LogP contribution is -2.44. The Bertz CT molecular complexity index is 491. The second kappa shape index (κ2) is 6.65. The fraction of sp³-hybridized carbons (Fsp3) is 0.667. The lowest BCUT2D eigenvalue weighted by atomic mass is 9.95. The Morgan fingerprint density at radius 2 is 2.00 bits per heavy atom. The summed E-state index contributed by atoms with van der Waals surface area (Å²) in [5.41, 5.74) is 0. The number of hydrogen-bond acceptors (Lipinski definition) is 5. The fourth-order valence-electron chi connectivity index (χ4n) is 2.42. The molecule has 0 bridgehead atoms. The largest absolute Gasteiger partial charge is 0.481 e. The lowest BCUT2D eigenvalue weighted by molar-refractivity contribution is -0.142. The van der Waals surface area contributed by atoms with Crippen molar-refractivity contribution in [2.45, 2.75) is 45.1 Å². The molecule has 7 nitrogen and oxygen atoms in total. The van der Waals surface area contributed by atoms with Crippen molar-refractivity contribution in [3.63, 3.8) is 0 Å². The smallest absolute Gasteiger partial charge is 0.321 e. The summed E-state index contributed by atoms with van der Waals surface area (Å²) in [4.78, 5) is 23.2. The van der Waals surface area contributed by atoms with E-state index in [1.165, 1.54) is 11.3 Å². The van der Waals surface area contributed by atoms with Gasteiger partial charge in [-0.15, -0.1) is 10.2 Å². The molecule has 2 rings (SSSR count). The number of carbonyl (C=O) groups is 2. The molecule has 8 heteroatoms. The van der Waals surface area contributed by atoms with Crippen LogP contribution in [0.25, 0.3) is 0 Å². The van der Waals surface area contributed by atoms with Crippen molar-refractivity contribution in [1.82, 2.24) is 15.5 Å². The number of carboxylic acid groups (broad SMARTS) is 1. The number of nitrogens with zero attached hydrogens (tertiary/aromatic N) is 2. The van der Waals surface area contributed by atoms with Gasteiger partial charge >= 0.3 is 12.0 Å². The zero-order valence-corrected chi connectivity index (χ0v) is 12.1. The summed E-state index contributed by atoms with van der Waals surface area (Å²) >= 11 is 1.28. The highest BCUT2D eigenvalue weighted by Crippen LogP contribution is 2.24. The van der Waals surface area contributed by atoms with E-state index in [1.54, 1.807) is 6.92 Å². The molecular formula is C12H18N4O3S. The molecule has 0 aromatic carbocycles. The van der Waals surface area contributed by atoms with Crippen LogP contribution in [0, 0.1) is 12.8 Å². The minimum atomic E-state index is -0.844. The van der Waals surface area contributed by atoms with Gasteiger partial charge in [-0.2, -0.15) is 0 Å². The van der Waals surface area contributed by atoms with Gasteiger partial charge in [-0.3, -0.25) is 10.1 Å². The molecule has 1 aliphatic rings. The average Bonchev–Trinajstić information content (AvgIpc) is 2.64. The van der Waals surface area contributed by atoms with E-state index >= 15 is 0 Å². The molecular weight excluding hydrogens is 280 g/mol. The van der Waals surface area contributed by atoms with Crippen LogP contribution in [0.5, 0.6) is 0 Å². The zero-order chi connectivity index (χ0) is 14.5. The van der Waals surface area contributed by atoms with Crippen LogP contribution in [0.4, 0.5) is 9.93 Å². The highest BCUT2D eigenvalue weighted by atomic mass is 32.1. The quantitative estimate of drug-likeness (QED) is 0.740. The van der Waals surface area contributed by atoms with Crippen LogP contribution in [0.15, 0.2) is 0 Å². The molecule has 0 radical (unpaired) electrons. The summed E-state index contributed by atoms with van der Waals surface area (Å²) < 4.78 is 0. The van der Waals surface area contributed by atoms with Crippen LogP contribution in [-0.2, 0) is 4.79 Å². The predicted molar refractivity (Wildman–Crippen MR) is 74.8 cm³/mol. The molecule has 0 spiro atoms. The standard InChI is InChI=1S/C12H18N4O3S/c1-7-15-16-12(20-7)14-11(19)13-9-6-4-2-3-5-8(9)10(17)18/h8-9H,2-6H2,1H3,(H,17,18)(H2,13,14,16,19). The first kappa shape index (κ1) is 14.7. The third kappa shape index (κ3) is 3.89. The number of carbonyl (C=O) groups excluding carboxylic acids is 1. The molecule has 1 aromatic rings. The van der Waals surface area contributed by atoms with E-state index in [0.29, 0.717) is 18.0 Å². The van der Waals surface area contributed by atoms with Crippen molar-refractivity contribution >= 4 is 28.5 Å². The highest BCUT2D eigenvalue weighted by molar-refractivity contribution is 7.15. The molecule has 20 heavy (non-hydrogen) atoms. The SMILES string of the molecule is Cc1nnc(NC(=O)NC2CCCCCC2C(=O)O)s1. The van der Waals surface area contributed by atoms with Crippen molar-refractivity contribution in [3.8, 4) is 0 Å². The number of nitrogens with one attached hydrogen (secondary N) is 2. The summed E-state index contributed by atoms with van der Waals surface area (Å²) in [7, 11) is 0. The monoisotopic (exact) mass is 298 g/mol. The summed E-state index contributed by atoms with van der Waals surface area (Å²) in [6.45, 7) is 1.80. The van der Waals surface area contributed by atoms with Gasteiger partial charge in [0.1, 0.15) is 5.01 Å². The van der Waals surface area contributed by atoms with E-state index in [9.17, 15) is 14.7 Å². The molecule has 1 saturated carbocycles. The molecule has 2 unspecified atom stereocenters. The Kier molecular flexibility index (Phi) is 4.89. The van der Waals surface area contributed by atoms with Crippen LogP contribution >= 0.6 is 11.3 Å². The maximum absolute atomic E-state index is 11.9. The van der Waals surface area contributed by atoms with Crippen LogP contribution < -0.4 is 10.6 Å². The Balaban J connectivity index is 1.95. The second-order valence-corrected chi connectivity index (χ2v) is 6.10. The number of aromatic nitrogens is 2. The van der Waals surface area contributed by atoms with Crippen molar-refractivity contribution < 1.29 is 14.7 Å². The van der Waals surface area contributed by atoms with Gasteiger partial charge in [-0.25, -0.2) is 4.79 Å². The van der Waals surface area contributed by atoms with Gasteiger partial charge in [-0.05, 0) is 19.8 Å². The number of amides is 2. The average molecular weight is 298 g/mol. The van der Waals surface area contributed by atoms with E-state index in [2.05, 4.69) is 20.8 Å². The Morgan fingerprint density at radius 1 is 1.25 bits per heavy atom. The number of hydrogen-bond donors (Lipinski definition) is 3. The summed E-state index contributed by atoms with van der Waals surface area (Å²) in [5.74, 6) is -1.36. The zero-order valence-electron chi connectivity index (χ0n) is 11.3. The molecule has 1 aliphatic carbocycles. The molecule has 0 aliphatic heterocycles. The van der Waals surface area contributed by atoms with Crippen molar-refractivity contribution in [1.29, 1.82) is 0 Å². The first-order chi connectivity index (χ1) is 9.56. The maximum atomic E-state index is 11.9. The molecule has 2 atom stereocenters. The molecule has 1 heterocycles. The number of carboxylic acids is 1. The number of rotatable bonds is 3. The van der Waals surface area contributed by atoms with Crippen molar-refractivity contribution in [2.24, 2.45) is 5.92 Å². The van der Waals surface area contributed by atoms with Crippen LogP contribution in [0.3, 0.4) is 0 Å². The molecule has 1 fully saturated rings. The van der Waals surface area contributed by atoms with E-state index in [0.717, 1.165) is 24.3 Å².